The average Bonchev–Trinajstić information content (AvgIpc) is 3.35. The number of halogens is 2. The predicted octanol–water partition coefficient (Wildman–Crippen LogP) is 4.84. The molecule has 48 heavy (non-hydrogen) atoms. The number of hydrogen-bond donors (Lipinski definition) is 2. The highest BCUT2D eigenvalue weighted by molar-refractivity contribution is 7.90. The number of benzene rings is 2. The summed E-state index contributed by atoms with van der Waals surface area (Å²) < 4.78 is 70.4. The summed E-state index contributed by atoms with van der Waals surface area (Å²) in [6.45, 7) is 3.92. The first-order chi connectivity index (χ1) is 23.0. The van der Waals surface area contributed by atoms with E-state index < -0.39 is 45.7 Å². The van der Waals surface area contributed by atoms with Crippen molar-refractivity contribution in [3.8, 4) is 17.5 Å². The monoisotopic (exact) mass is 685 g/mol. The van der Waals surface area contributed by atoms with Gasteiger partial charge in [0.2, 0.25) is 11.8 Å². The molecule has 2 aromatic carbocycles. The van der Waals surface area contributed by atoms with Crippen molar-refractivity contribution in [2.24, 2.45) is 0 Å². The van der Waals surface area contributed by atoms with Gasteiger partial charge < -0.3 is 24.6 Å². The van der Waals surface area contributed by atoms with E-state index in [1.54, 1.807) is 31.3 Å². The lowest BCUT2D eigenvalue weighted by Gasteiger charge is -2.51. The molecule has 256 valence electrons. The first kappa shape index (κ1) is 33.4. The van der Waals surface area contributed by atoms with Crippen LogP contribution in [0.5, 0.6) is 17.5 Å². The molecule has 2 aliphatic rings. The number of hydrogen-bond acceptors (Lipinski definition) is 9. The summed E-state index contributed by atoms with van der Waals surface area (Å²) in [5, 5.41) is 22.5. The number of rotatable bonds is 8. The molecule has 0 radical (unpaired) electrons. The van der Waals surface area contributed by atoms with Crippen molar-refractivity contribution in [2.75, 3.05) is 46.9 Å². The van der Waals surface area contributed by atoms with E-state index in [0.29, 0.717) is 22.1 Å². The van der Waals surface area contributed by atoms with Crippen LogP contribution in [0.3, 0.4) is 0 Å². The van der Waals surface area contributed by atoms with Crippen LogP contribution in [0, 0.1) is 11.6 Å². The lowest BCUT2D eigenvalue weighted by Crippen LogP contribution is -2.56. The van der Waals surface area contributed by atoms with Gasteiger partial charge in [-0.3, -0.25) is 9.80 Å². The van der Waals surface area contributed by atoms with Gasteiger partial charge in [-0.15, -0.1) is 0 Å². The maximum atomic E-state index is 15.1. The molecule has 2 fully saturated rings. The van der Waals surface area contributed by atoms with Gasteiger partial charge in [0.25, 0.3) is 10.0 Å². The number of aromatic hydroxyl groups is 1. The molecule has 1 amide bonds. The number of amides is 1. The molecule has 2 saturated heterocycles. The number of likely N-dealkylation sites (tertiary alicyclic amines) is 1. The Bertz CT molecular complexity index is 1950. The minimum Gasteiger partial charge on any atom is -0.495 e. The number of fused-ring (bicyclic) bond motifs is 1. The number of piperazine rings is 1. The quantitative estimate of drug-likeness (QED) is 0.265. The number of carbonyl (C=O) groups is 1. The maximum Gasteiger partial charge on any atom is 0.407 e. The largest absolute Gasteiger partial charge is 0.495 e. The molecule has 4 heterocycles. The normalized spacial score (nSPS) is 19.9. The number of piperidine rings is 1. The van der Waals surface area contributed by atoms with E-state index in [9.17, 15) is 27.8 Å². The number of para-hydroxylation sites is 1. The van der Waals surface area contributed by atoms with Crippen molar-refractivity contribution in [1.82, 2.24) is 23.7 Å². The number of aromatic nitrogens is 2. The summed E-state index contributed by atoms with van der Waals surface area (Å²) in [6, 6.07) is 8.42. The summed E-state index contributed by atoms with van der Waals surface area (Å²) in [7, 11) is -1.43. The molecule has 0 spiro atoms. The SMILES string of the molecule is CCOc1ncccc1C1C(c2c(O)n(S(=O)(=O)c3ccccc3OC)c3cc(F)c(F)cc23)N(C(=O)O)CCN1C1CCN(C)CC1. The summed E-state index contributed by atoms with van der Waals surface area (Å²) >= 11 is 0. The van der Waals surface area contributed by atoms with Crippen molar-refractivity contribution >= 4 is 27.0 Å². The fraction of sp³-hybridized carbons (Fsp3) is 0.394. The van der Waals surface area contributed by atoms with Crippen LogP contribution >= 0.6 is 0 Å². The molecule has 15 heteroatoms. The van der Waals surface area contributed by atoms with E-state index in [4.69, 9.17) is 9.47 Å². The molecule has 2 unspecified atom stereocenters. The van der Waals surface area contributed by atoms with Gasteiger partial charge >= 0.3 is 6.09 Å². The smallest absolute Gasteiger partial charge is 0.407 e. The molecule has 2 N–H and O–H groups in total. The summed E-state index contributed by atoms with van der Waals surface area (Å²) in [5.41, 5.74) is -0.0626. The fourth-order valence-corrected chi connectivity index (χ4v) is 8.67. The summed E-state index contributed by atoms with van der Waals surface area (Å²) in [4.78, 5) is 22.6. The Morgan fingerprint density at radius 3 is 2.42 bits per heavy atom. The molecule has 2 atom stereocenters. The summed E-state index contributed by atoms with van der Waals surface area (Å²) in [6.07, 6.45) is 1.72. The zero-order valence-electron chi connectivity index (χ0n) is 26.7. The third kappa shape index (κ3) is 5.69. The highest BCUT2D eigenvalue weighted by atomic mass is 32.2. The Morgan fingerprint density at radius 1 is 1.02 bits per heavy atom. The molecule has 2 aliphatic heterocycles. The van der Waals surface area contributed by atoms with Crippen LogP contribution < -0.4 is 9.47 Å². The average molecular weight is 686 g/mol. The zero-order valence-corrected chi connectivity index (χ0v) is 27.5. The van der Waals surface area contributed by atoms with Crippen molar-refractivity contribution in [3.05, 3.63) is 77.5 Å². The molecule has 0 saturated carbocycles. The van der Waals surface area contributed by atoms with Gasteiger partial charge in [-0.2, -0.15) is 0 Å². The number of carboxylic acid groups (broad SMARTS) is 1. The fourth-order valence-electron chi connectivity index (χ4n) is 7.08. The van der Waals surface area contributed by atoms with Crippen LogP contribution in [-0.4, -0.2) is 101 Å². The standard InChI is InChI=1S/C33H37F2N5O7S/c1-4-47-31-21(8-7-13-36-31)29-30(39(33(42)43)17-16-38(29)20-11-14-37(2)15-12-20)28-22-18-23(34)24(35)19-25(22)40(32(28)41)48(44,45)27-10-6-5-9-26(27)46-3/h5-10,13,18-20,29-30,41H,4,11-12,14-17H2,1-3H3,(H,42,43). The van der Waals surface area contributed by atoms with E-state index >= 15 is 4.39 Å². The van der Waals surface area contributed by atoms with Gasteiger partial charge in [0, 0.05) is 47.9 Å². The number of nitrogens with zero attached hydrogens (tertiary/aromatic N) is 5. The Labute approximate surface area is 276 Å². The third-order valence-corrected chi connectivity index (χ3v) is 11.0. The number of ether oxygens (including phenoxy) is 2. The van der Waals surface area contributed by atoms with Gasteiger partial charge in [-0.25, -0.2) is 30.9 Å². The molecule has 0 bridgehead atoms. The first-order valence-corrected chi connectivity index (χ1v) is 17.1. The Balaban J connectivity index is 1.67. The highest BCUT2D eigenvalue weighted by Crippen LogP contribution is 2.51. The van der Waals surface area contributed by atoms with E-state index in [-0.39, 0.29) is 52.2 Å². The molecular weight excluding hydrogens is 648 g/mol. The molecule has 0 aliphatic carbocycles. The van der Waals surface area contributed by atoms with Crippen LogP contribution in [-0.2, 0) is 10.0 Å². The van der Waals surface area contributed by atoms with Crippen molar-refractivity contribution in [1.29, 1.82) is 0 Å². The van der Waals surface area contributed by atoms with Crippen LogP contribution in [0.15, 0.2) is 59.6 Å². The Hall–Kier alpha value is -4.47. The second kappa shape index (κ2) is 13.2. The van der Waals surface area contributed by atoms with E-state index in [1.807, 2.05) is 7.05 Å². The first-order valence-electron chi connectivity index (χ1n) is 15.6. The molecule has 6 rings (SSSR count). The lowest BCUT2D eigenvalue weighted by atomic mass is 9.86. The van der Waals surface area contributed by atoms with Crippen molar-refractivity contribution in [3.63, 3.8) is 0 Å². The molecule has 4 aromatic rings. The van der Waals surface area contributed by atoms with E-state index in [1.165, 1.54) is 25.3 Å². The lowest BCUT2D eigenvalue weighted by molar-refractivity contribution is -0.0180. The minimum absolute atomic E-state index is 0.0118. The van der Waals surface area contributed by atoms with Gasteiger partial charge in [0.1, 0.15) is 10.6 Å². The third-order valence-electron chi connectivity index (χ3n) is 9.26. The number of pyridine rings is 1. The second-order valence-electron chi connectivity index (χ2n) is 11.9. The van der Waals surface area contributed by atoms with Crippen molar-refractivity contribution < 1.29 is 41.7 Å². The topological polar surface area (TPSA) is 138 Å². The van der Waals surface area contributed by atoms with Gasteiger partial charge in [0.05, 0.1) is 31.3 Å². The van der Waals surface area contributed by atoms with Crippen LogP contribution in [0.1, 0.15) is 43.0 Å². The Kier molecular flexibility index (Phi) is 9.20. The summed E-state index contributed by atoms with van der Waals surface area (Å²) in [5.74, 6) is -3.34. The van der Waals surface area contributed by atoms with Crippen LogP contribution in [0.2, 0.25) is 0 Å². The zero-order chi connectivity index (χ0) is 34.3. The van der Waals surface area contributed by atoms with Crippen molar-refractivity contribution in [2.45, 2.75) is 42.8 Å². The van der Waals surface area contributed by atoms with Gasteiger partial charge in [-0.05, 0) is 64.2 Å². The Morgan fingerprint density at radius 2 is 1.73 bits per heavy atom. The molecule has 12 nitrogen and oxygen atoms in total. The van der Waals surface area contributed by atoms with Gasteiger partial charge in [0.15, 0.2) is 11.6 Å². The highest BCUT2D eigenvalue weighted by Gasteiger charge is 2.48. The minimum atomic E-state index is -4.73. The molecular formula is C33H37F2N5O7S. The number of methoxy groups -OCH3 is 1. The van der Waals surface area contributed by atoms with E-state index in [0.717, 1.165) is 36.9 Å². The second-order valence-corrected chi connectivity index (χ2v) is 13.7. The predicted molar refractivity (Wildman–Crippen MR) is 172 cm³/mol. The van der Waals surface area contributed by atoms with E-state index in [2.05, 4.69) is 14.8 Å². The van der Waals surface area contributed by atoms with Crippen LogP contribution in [0.25, 0.3) is 10.9 Å². The van der Waals surface area contributed by atoms with Crippen LogP contribution in [0.4, 0.5) is 13.6 Å². The maximum absolute atomic E-state index is 15.1. The molecule has 2 aromatic heterocycles. The van der Waals surface area contributed by atoms with Gasteiger partial charge in [-0.1, -0.05) is 18.2 Å².